The van der Waals surface area contributed by atoms with E-state index in [4.69, 9.17) is 4.52 Å². The standard InChI is InChI=1S/C12H16N4O/c1-4-13-7-10-15-12(16-17-10)11-9(3)5-8(2)6-14-11/h5-6,13H,4,7H2,1-3H3. The molecule has 2 aromatic rings. The van der Waals surface area contributed by atoms with E-state index in [2.05, 4.69) is 26.5 Å². The van der Waals surface area contributed by atoms with E-state index in [-0.39, 0.29) is 0 Å². The van der Waals surface area contributed by atoms with Crippen LogP contribution in [0.5, 0.6) is 0 Å². The molecular weight excluding hydrogens is 216 g/mol. The largest absolute Gasteiger partial charge is 0.337 e. The number of hydrogen-bond acceptors (Lipinski definition) is 5. The van der Waals surface area contributed by atoms with E-state index in [1.807, 2.05) is 27.0 Å². The molecule has 0 unspecified atom stereocenters. The molecule has 0 radical (unpaired) electrons. The third-order valence-corrected chi connectivity index (χ3v) is 2.42. The average Bonchev–Trinajstić information content (AvgIpc) is 2.75. The van der Waals surface area contributed by atoms with Gasteiger partial charge >= 0.3 is 0 Å². The van der Waals surface area contributed by atoms with Crippen LogP contribution < -0.4 is 5.32 Å². The van der Waals surface area contributed by atoms with Crippen molar-refractivity contribution in [1.29, 1.82) is 0 Å². The Bertz CT molecular complexity index is 507. The maximum absolute atomic E-state index is 5.14. The molecule has 90 valence electrons. The zero-order chi connectivity index (χ0) is 12.3. The Balaban J connectivity index is 2.24. The number of pyridine rings is 1. The average molecular weight is 232 g/mol. The fourth-order valence-corrected chi connectivity index (χ4v) is 1.60. The summed E-state index contributed by atoms with van der Waals surface area (Å²) in [6.07, 6.45) is 1.81. The lowest BCUT2D eigenvalue weighted by Gasteiger charge is -2.00. The predicted octanol–water partition coefficient (Wildman–Crippen LogP) is 1.86. The van der Waals surface area contributed by atoms with Gasteiger partial charge in [-0.25, -0.2) is 0 Å². The van der Waals surface area contributed by atoms with Crippen LogP contribution in [0.25, 0.3) is 11.5 Å². The molecule has 2 aromatic heterocycles. The van der Waals surface area contributed by atoms with Crippen molar-refractivity contribution in [1.82, 2.24) is 20.4 Å². The molecule has 0 spiro atoms. The first-order chi connectivity index (χ1) is 8.20. The van der Waals surface area contributed by atoms with Gasteiger partial charge in [0.05, 0.1) is 6.54 Å². The maximum atomic E-state index is 5.14. The van der Waals surface area contributed by atoms with Crippen LogP contribution in [0.4, 0.5) is 0 Å². The van der Waals surface area contributed by atoms with E-state index in [0.29, 0.717) is 18.3 Å². The highest BCUT2D eigenvalue weighted by molar-refractivity contribution is 5.53. The Hall–Kier alpha value is -1.75. The number of hydrogen-bond donors (Lipinski definition) is 1. The molecule has 2 rings (SSSR count). The predicted molar refractivity (Wildman–Crippen MR) is 64.4 cm³/mol. The van der Waals surface area contributed by atoms with E-state index in [9.17, 15) is 0 Å². The summed E-state index contributed by atoms with van der Waals surface area (Å²) in [7, 11) is 0. The molecule has 0 aliphatic carbocycles. The van der Waals surface area contributed by atoms with E-state index >= 15 is 0 Å². The van der Waals surface area contributed by atoms with Gasteiger partial charge in [-0.15, -0.1) is 0 Å². The molecule has 17 heavy (non-hydrogen) atoms. The summed E-state index contributed by atoms with van der Waals surface area (Å²) >= 11 is 0. The molecule has 0 bridgehead atoms. The van der Waals surface area contributed by atoms with Gasteiger partial charge in [-0.05, 0) is 31.5 Å². The number of nitrogens with one attached hydrogen (secondary N) is 1. The molecule has 0 saturated carbocycles. The van der Waals surface area contributed by atoms with Crippen molar-refractivity contribution in [3.8, 4) is 11.5 Å². The van der Waals surface area contributed by atoms with Crippen LogP contribution in [0.15, 0.2) is 16.8 Å². The Morgan fingerprint density at radius 1 is 1.35 bits per heavy atom. The second-order valence-electron chi connectivity index (χ2n) is 3.97. The van der Waals surface area contributed by atoms with Crippen molar-refractivity contribution in [2.24, 2.45) is 0 Å². The van der Waals surface area contributed by atoms with Crippen LogP contribution in [0.3, 0.4) is 0 Å². The van der Waals surface area contributed by atoms with Gasteiger partial charge in [0, 0.05) is 6.20 Å². The molecule has 0 aromatic carbocycles. The van der Waals surface area contributed by atoms with Crippen molar-refractivity contribution in [3.05, 3.63) is 29.3 Å². The van der Waals surface area contributed by atoms with Gasteiger partial charge in [0.15, 0.2) is 0 Å². The summed E-state index contributed by atoms with van der Waals surface area (Å²) in [6, 6.07) is 2.06. The van der Waals surface area contributed by atoms with E-state index in [0.717, 1.165) is 23.4 Å². The molecule has 5 heteroatoms. The van der Waals surface area contributed by atoms with Gasteiger partial charge in [0.1, 0.15) is 5.69 Å². The summed E-state index contributed by atoms with van der Waals surface area (Å²) in [5.74, 6) is 1.14. The summed E-state index contributed by atoms with van der Waals surface area (Å²) < 4.78 is 5.14. The molecular formula is C12H16N4O. The highest BCUT2D eigenvalue weighted by atomic mass is 16.5. The number of nitrogens with zero attached hydrogens (tertiary/aromatic N) is 3. The maximum Gasteiger partial charge on any atom is 0.240 e. The first-order valence-electron chi connectivity index (χ1n) is 5.67. The topological polar surface area (TPSA) is 63.8 Å². The number of aryl methyl sites for hydroxylation is 2. The SMILES string of the molecule is CCNCc1nc(-c2ncc(C)cc2C)no1. The first-order valence-corrected chi connectivity index (χ1v) is 5.67. The van der Waals surface area contributed by atoms with E-state index in [1.54, 1.807) is 0 Å². The van der Waals surface area contributed by atoms with Crippen molar-refractivity contribution >= 4 is 0 Å². The minimum absolute atomic E-state index is 0.551. The van der Waals surface area contributed by atoms with Crippen LogP contribution in [0, 0.1) is 13.8 Å². The molecule has 0 amide bonds. The van der Waals surface area contributed by atoms with Gasteiger partial charge < -0.3 is 9.84 Å². The number of rotatable bonds is 4. The Kier molecular flexibility index (Phi) is 3.49. The fourth-order valence-electron chi connectivity index (χ4n) is 1.60. The smallest absolute Gasteiger partial charge is 0.240 e. The lowest BCUT2D eigenvalue weighted by molar-refractivity contribution is 0.369. The first kappa shape index (κ1) is 11.7. The minimum Gasteiger partial charge on any atom is -0.337 e. The summed E-state index contributed by atoms with van der Waals surface area (Å²) in [5, 5.41) is 7.08. The highest BCUT2D eigenvalue weighted by Crippen LogP contribution is 2.18. The lowest BCUT2D eigenvalue weighted by Crippen LogP contribution is -2.11. The van der Waals surface area contributed by atoms with Crippen molar-refractivity contribution in [2.75, 3.05) is 6.54 Å². The van der Waals surface area contributed by atoms with Crippen LogP contribution >= 0.6 is 0 Å². The van der Waals surface area contributed by atoms with Crippen LogP contribution in [0.1, 0.15) is 23.9 Å². The van der Waals surface area contributed by atoms with Gasteiger partial charge in [-0.3, -0.25) is 4.98 Å². The summed E-state index contributed by atoms with van der Waals surface area (Å²) in [6.45, 7) is 7.50. The second kappa shape index (κ2) is 5.05. The van der Waals surface area contributed by atoms with Gasteiger partial charge in [0.25, 0.3) is 0 Å². The molecule has 0 atom stereocenters. The van der Waals surface area contributed by atoms with Crippen molar-refractivity contribution < 1.29 is 4.52 Å². The minimum atomic E-state index is 0.551. The normalized spacial score (nSPS) is 10.8. The van der Waals surface area contributed by atoms with Crippen molar-refractivity contribution in [2.45, 2.75) is 27.3 Å². The summed E-state index contributed by atoms with van der Waals surface area (Å²) in [4.78, 5) is 8.64. The zero-order valence-electron chi connectivity index (χ0n) is 10.3. The lowest BCUT2D eigenvalue weighted by atomic mass is 10.1. The van der Waals surface area contributed by atoms with Gasteiger partial charge in [-0.1, -0.05) is 18.1 Å². The molecule has 2 heterocycles. The Labute approximate surface area is 100 Å². The fraction of sp³-hybridized carbons (Fsp3) is 0.417. The molecule has 0 aliphatic heterocycles. The van der Waals surface area contributed by atoms with Crippen LogP contribution in [0.2, 0.25) is 0 Å². The molecule has 1 N–H and O–H groups in total. The molecule has 0 fully saturated rings. The second-order valence-corrected chi connectivity index (χ2v) is 3.97. The Morgan fingerprint density at radius 3 is 2.88 bits per heavy atom. The van der Waals surface area contributed by atoms with E-state index < -0.39 is 0 Å². The zero-order valence-corrected chi connectivity index (χ0v) is 10.3. The van der Waals surface area contributed by atoms with Crippen LogP contribution in [-0.4, -0.2) is 21.7 Å². The number of aromatic nitrogens is 3. The van der Waals surface area contributed by atoms with Gasteiger partial charge in [-0.2, -0.15) is 4.98 Å². The van der Waals surface area contributed by atoms with Gasteiger partial charge in [0.2, 0.25) is 11.7 Å². The Morgan fingerprint density at radius 2 is 2.18 bits per heavy atom. The molecule has 0 aliphatic rings. The highest BCUT2D eigenvalue weighted by Gasteiger charge is 2.11. The van der Waals surface area contributed by atoms with Crippen molar-refractivity contribution in [3.63, 3.8) is 0 Å². The summed E-state index contributed by atoms with van der Waals surface area (Å²) in [5.41, 5.74) is 2.96. The monoisotopic (exact) mass is 232 g/mol. The molecule has 5 nitrogen and oxygen atoms in total. The quantitative estimate of drug-likeness (QED) is 0.871. The van der Waals surface area contributed by atoms with Crippen LogP contribution in [-0.2, 0) is 6.54 Å². The van der Waals surface area contributed by atoms with E-state index in [1.165, 1.54) is 0 Å². The molecule has 0 saturated heterocycles. The third-order valence-electron chi connectivity index (χ3n) is 2.42. The third kappa shape index (κ3) is 2.68.